The number of aryl methyl sites for hydroxylation is 1. The molecule has 1 fully saturated rings. The fourth-order valence-corrected chi connectivity index (χ4v) is 4.04. The molecule has 0 bridgehead atoms. The van der Waals surface area contributed by atoms with Gasteiger partial charge in [-0.2, -0.15) is 0 Å². The molecule has 1 aliphatic carbocycles. The number of amides is 1. The Balaban J connectivity index is 1.82. The molecule has 4 rings (SSSR count). The van der Waals surface area contributed by atoms with Crippen LogP contribution in [-0.4, -0.2) is 11.9 Å². The van der Waals surface area contributed by atoms with Crippen LogP contribution in [0.3, 0.4) is 0 Å². The van der Waals surface area contributed by atoms with Crippen LogP contribution in [0.1, 0.15) is 54.6 Å². The molecular weight excluding hydrogens is 350 g/mol. The second-order valence-electron chi connectivity index (χ2n) is 7.67. The summed E-state index contributed by atoms with van der Waals surface area (Å²) in [4.78, 5) is 25.7. The third-order valence-electron chi connectivity index (χ3n) is 5.57. The number of carbonyl (C=O) groups is 1. The van der Waals surface area contributed by atoms with Crippen LogP contribution in [0.4, 0.5) is 0 Å². The van der Waals surface area contributed by atoms with Gasteiger partial charge in [-0.1, -0.05) is 73.7 Å². The highest BCUT2D eigenvalue weighted by Crippen LogP contribution is 2.31. The number of hydrogen-bond acceptors (Lipinski definition) is 3. The Hall–Kier alpha value is -2.88. The molecule has 0 radical (unpaired) electrons. The molecule has 2 aromatic carbocycles. The van der Waals surface area contributed by atoms with E-state index >= 15 is 0 Å². The summed E-state index contributed by atoms with van der Waals surface area (Å²) in [6.07, 6.45) is 6.62. The Morgan fingerprint density at radius 3 is 2.25 bits per heavy atom. The average molecular weight is 375 g/mol. The van der Waals surface area contributed by atoms with Crippen LogP contribution in [0.5, 0.6) is 0 Å². The summed E-state index contributed by atoms with van der Waals surface area (Å²) in [5.74, 6) is -0.192. The maximum absolute atomic E-state index is 13.1. The van der Waals surface area contributed by atoms with Gasteiger partial charge < -0.3 is 9.73 Å². The van der Waals surface area contributed by atoms with Crippen LogP contribution in [-0.2, 0) is 0 Å². The fraction of sp³-hybridized carbons (Fsp3) is 0.333. The minimum Gasteiger partial charge on any atom is -0.416 e. The van der Waals surface area contributed by atoms with Gasteiger partial charge in [0.25, 0.3) is 5.91 Å². The minimum absolute atomic E-state index is 0.108. The third-order valence-corrected chi connectivity index (χ3v) is 5.57. The molecular formula is C24H25NO3. The number of benzene rings is 2. The van der Waals surface area contributed by atoms with Gasteiger partial charge in [0.15, 0.2) is 0 Å². The summed E-state index contributed by atoms with van der Waals surface area (Å²) >= 11 is 0. The van der Waals surface area contributed by atoms with Crippen LogP contribution in [0.15, 0.2) is 57.7 Å². The molecule has 1 aromatic heterocycles. The van der Waals surface area contributed by atoms with E-state index in [1.54, 1.807) is 6.07 Å². The van der Waals surface area contributed by atoms with Crippen molar-refractivity contribution < 1.29 is 9.21 Å². The van der Waals surface area contributed by atoms with E-state index in [0.29, 0.717) is 10.9 Å². The summed E-state index contributed by atoms with van der Waals surface area (Å²) in [5, 5.41) is 4.35. The highest BCUT2D eigenvalue weighted by molar-refractivity contribution is 6.07. The van der Waals surface area contributed by atoms with Crippen molar-refractivity contribution in [2.24, 2.45) is 0 Å². The van der Waals surface area contributed by atoms with Crippen molar-refractivity contribution in [3.05, 3.63) is 70.3 Å². The predicted octanol–water partition coefficient (Wildman–Crippen LogP) is 5.22. The molecule has 0 saturated heterocycles. The van der Waals surface area contributed by atoms with Crippen molar-refractivity contribution in [1.29, 1.82) is 0 Å². The molecule has 0 spiro atoms. The van der Waals surface area contributed by atoms with Gasteiger partial charge in [0.05, 0.1) is 5.39 Å². The number of hydrogen-bond donors (Lipinski definition) is 1. The molecule has 4 nitrogen and oxygen atoms in total. The van der Waals surface area contributed by atoms with E-state index in [-0.39, 0.29) is 17.7 Å². The number of nitrogens with one attached hydrogen (secondary N) is 1. The van der Waals surface area contributed by atoms with E-state index in [2.05, 4.69) is 5.32 Å². The lowest BCUT2D eigenvalue weighted by atomic mass is 9.97. The summed E-state index contributed by atoms with van der Waals surface area (Å²) in [5.41, 5.74) is 2.21. The van der Waals surface area contributed by atoms with Crippen molar-refractivity contribution in [2.45, 2.75) is 51.5 Å². The third kappa shape index (κ3) is 3.72. The number of fused-ring (bicyclic) bond motifs is 1. The van der Waals surface area contributed by atoms with Crippen LogP contribution in [0.25, 0.3) is 21.9 Å². The number of carbonyl (C=O) groups excluding carboxylic acids is 1. The van der Waals surface area contributed by atoms with Gasteiger partial charge in [-0.15, -0.1) is 0 Å². The van der Waals surface area contributed by atoms with Crippen molar-refractivity contribution in [3.8, 4) is 11.1 Å². The number of rotatable bonds is 3. The zero-order chi connectivity index (χ0) is 19.5. The molecule has 1 aliphatic rings. The molecule has 1 heterocycles. The average Bonchev–Trinajstić information content (AvgIpc) is 2.97. The molecule has 0 unspecified atom stereocenters. The predicted molar refractivity (Wildman–Crippen MR) is 112 cm³/mol. The lowest BCUT2D eigenvalue weighted by molar-refractivity contribution is 0.0902. The highest BCUT2D eigenvalue weighted by atomic mass is 16.4. The molecule has 144 valence electrons. The first-order valence-corrected chi connectivity index (χ1v) is 10.1. The highest BCUT2D eigenvalue weighted by Gasteiger charge is 2.23. The van der Waals surface area contributed by atoms with Gasteiger partial charge in [-0.05, 0) is 31.4 Å². The Kier molecular flexibility index (Phi) is 5.29. The van der Waals surface area contributed by atoms with Crippen LogP contribution >= 0.6 is 0 Å². The summed E-state index contributed by atoms with van der Waals surface area (Å²) in [7, 11) is 0. The van der Waals surface area contributed by atoms with Crippen molar-refractivity contribution in [3.63, 3.8) is 0 Å². The molecule has 4 heteroatoms. The first-order chi connectivity index (χ1) is 13.6. The second kappa shape index (κ2) is 8.01. The zero-order valence-electron chi connectivity index (χ0n) is 16.2. The van der Waals surface area contributed by atoms with Gasteiger partial charge in [0.2, 0.25) is 5.76 Å². The van der Waals surface area contributed by atoms with E-state index in [1.807, 2.05) is 49.4 Å². The maximum Gasteiger partial charge on any atom is 0.344 e. The van der Waals surface area contributed by atoms with E-state index in [4.69, 9.17) is 4.42 Å². The monoisotopic (exact) mass is 375 g/mol. The topological polar surface area (TPSA) is 59.3 Å². The Morgan fingerprint density at radius 1 is 0.929 bits per heavy atom. The molecule has 1 amide bonds. The fourth-order valence-electron chi connectivity index (χ4n) is 4.04. The quantitative estimate of drug-likeness (QED) is 0.639. The molecule has 0 aliphatic heterocycles. The Bertz CT molecular complexity index is 1040. The zero-order valence-corrected chi connectivity index (χ0v) is 16.2. The normalized spacial score (nSPS) is 15.3. The van der Waals surface area contributed by atoms with Crippen molar-refractivity contribution in [1.82, 2.24) is 5.32 Å². The molecule has 1 saturated carbocycles. The summed E-state index contributed by atoms with van der Waals surface area (Å²) in [6, 6.07) is 15.4. The second-order valence-corrected chi connectivity index (χ2v) is 7.67. The molecule has 28 heavy (non-hydrogen) atoms. The van der Waals surface area contributed by atoms with Gasteiger partial charge in [0, 0.05) is 17.0 Å². The smallest absolute Gasteiger partial charge is 0.344 e. The minimum atomic E-state index is -0.475. The van der Waals surface area contributed by atoms with Crippen molar-refractivity contribution in [2.75, 3.05) is 0 Å². The lowest BCUT2D eigenvalue weighted by Gasteiger charge is -2.17. The van der Waals surface area contributed by atoms with Crippen LogP contribution in [0.2, 0.25) is 0 Å². The first-order valence-electron chi connectivity index (χ1n) is 10.1. The van der Waals surface area contributed by atoms with E-state index < -0.39 is 5.63 Å². The lowest BCUT2D eigenvalue weighted by Crippen LogP contribution is -2.35. The van der Waals surface area contributed by atoms with E-state index in [1.165, 1.54) is 12.8 Å². The van der Waals surface area contributed by atoms with Gasteiger partial charge >= 0.3 is 5.63 Å². The standard InChI is InChI=1S/C24H25NO3/c1-16-12-14-17(15-13-16)21-19-10-6-7-11-20(19)24(27)28-22(21)23(26)25-18-8-4-2-3-5-9-18/h6-7,10-15,18H,2-5,8-9H2,1H3,(H,25,26). The van der Waals surface area contributed by atoms with Crippen LogP contribution < -0.4 is 10.9 Å². The van der Waals surface area contributed by atoms with Gasteiger partial charge in [0.1, 0.15) is 0 Å². The summed E-state index contributed by atoms with van der Waals surface area (Å²) in [6.45, 7) is 2.02. The SMILES string of the molecule is Cc1ccc(-c2c(C(=O)NC3CCCCCC3)oc(=O)c3ccccc23)cc1. The summed E-state index contributed by atoms with van der Waals surface area (Å²) < 4.78 is 5.57. The molecule has 3 aromatic rings. The van der Waals surface area contributed by atoms with Crippen molar-refractivity contribution >= 4 is 16.7 Å². The molecule has 0 atom stereocenters. The van der Waals surface area contributed by atoms with E-state index in [9.17, 15) is 9.59 Å². The maximum atomic E-state index is 13.1. The Labute approximate surface area is 164 Å². The largest absolute Gasteiger partial charge is 0.416 e. The first kappa shape index (κ1) is 18.5. The van der Waals surface area contributed by atoms with Gasteiger partial charge in [-0.25, -0.2) is 4.79 Å². The molecule has 1 N–H and O–H groups in total. The van der Waals surface area contributed by atoms with E-state index in [0.717, 1.165) is 42.2 Å². The Morgan fingerprint density at radius 2 is 1.57 bits per heavy atom. The van der Waals surface area contributed by atoms with Crippen LogP contribution in [0, 0.1) is 6.92 Å². The van der Waals surface area contributed by atoms with Gasteiger partial charge in [-0.3, -0.25) is 4.79 Å².